The third-order valence-electron chi connectivity index (χ3n) is 1.95. The predicted octanol–water partition coefficient (Wildman–Crippen LogP) is 3.45. The molecule has 0 aliphatic heterocycles. The molecule has 0 atom stereocenters. The van der Waals surface area contributed by atoms with E-state index in [4.69, 9.17) is 0 Å². The van der Waals surface area contributed by atoms with E-state index in [-0.39, 0.29) is 0 Å². The predicted molar refractivity (Wildman–Crippen MR) is 65.4 cm³/mol. The van der Waals surface area contributed by atoms with Crippen LogP contribution in [0.1, 0.15) is 16.3 Å². The highest BCUT2D eigenvalue weighted by Gasteiger charge is 2.00. The molecule has 2 aromatic heterocycles. The Balaban J connectivity index is 1.96. The minimum absolute atomic E-state index is 0.967. The molecule has 0 radical (unpaired) electrons. The zero-order valence-corrected chi connectivity index (χ0v) is 10.4. The number of hydrogen-bond donors (Lipinski definition) is 0. The molecule has 4 heteroatoms. The average Bonchev–Trinajstić information content (AvgIpc) is 2.64. The number of thiazole rings is 1. The van der Waals surface area contributed by atoms with Crippen LogP contribution in [0.3, 0.4) is 0 Å². The number of hydrogen-bond acceptors (Lipinski definition) is 4. The highest BCUT2D eigenvalue weighted by Crippen LogP contribution is 2.27. The fourth-order valence-electron chi connectivity index (χ4n) is 1.15. The lowest BCUT2D eigenvalue weighted by atomic mass is 10.3. The van der Waals surface area contributed by atoms with Gasteiger partial charge in [0.15, 0.2) is 0 Å². The first-order valence-electron chi connectivity index (χ1n) is 4.71. The minimum Gasteiger partial charge on any atom is -0.261 e. The van der Waals surface area contributed by atoms with Crippen molar-refractivity contribution in [3.63, 3.8) is 0 Å². The standard InChI is InChI=1S/C11H12N2S2/c1-8-3-4-10(5-12-8)7-14-11-6-13-9(2)15-11/h3-6H,7H2,1-2H3. The Morgan fingerprint density at radius 2 is 2.07 bits per heavy atom. The summed E-state index contributed by atoms with van der Waals surface area (Å²) < 4.78 is 1.27. The molecule has 2 heterocycles. The van der Waals surface area contributed by atoms with Crippen LogP contribution in [0.5, 0.6) is 0 Å². The number of pyridine rings is 1. The van der Waals surface area contributed by atoms with Crippen molar-refractivity contribution in [1.82, 2.24) is 9.97 Å². The van der Waals surface area contributed by atoms with Gasteiger partial charge in [0.2, 0.25) is 0 Å². The lowest BCUT2D eigenvalue weighted by molar-refractivity contribution is 1.16. The summed E-state index contributed by atoms with van der Waals surface area (Å²) in [4.78, 5) is 8.50. The highest BCUT2D eigenvalue weighted by molar-refractivity contribution is 8.00. The number of aromatic nitrogens is 2. The molecule has 0 spiro atoms. The Hall–Kier alpha value is -0.870. The van der Waals surface area contributed by atoms with Gasteiger partial charge in [-0.2, -0.15) is 0 Å². The molecule has 2 nitrogen and oxygen atoms in total. The van der Waals surface area contributed by atoms with Crippen molar-refractivity contribution >= 4 is 23.1 Å². The second-order valence-electron chi connectivity index (χ2n) is 3.29. The number of rotatable bonds is 3. The number of aryl methyl sites for hydroxylation is 2. The molecule has 2 aromatic rings. The van der Waals surface area contributed by atoms with Crippen LogP contribution in [0.25, 0.3) is 0 Å². The molecule has 0 aliphatic rings. The average molecular weight is 236 g/mol. The molecular formula is C11H12N2S2. The van der Waals surface area contributed by atoms with Gasteiger partial charge in [-0.15, -0.1) is 23.1 Å². The van der Waals surface area contributed by atoms with Crippen LogP contribution in [0.4, 0.5) is 0 Å². The maximum absolute atomic E-state index is 4.27. The smallest absolute Gasteiger partial charge is 0.0905 e. The van der Waals surface area contributed by atoms with Crippen molar-refractivity contribution in [2.75, 3.05) is 0 Å². The monoisotopic (exact) mass is 236 g/mol. The minimum atomic E-state index is 0.967. The third-order valence-corrected chi connectivity index (χ3v) is 4.13. The zero-order valence-electron chi connectivity index (χ0n) is 8.73. The Bertz CT molecular complexity index is 434. The summed E-state index contributed by atoms with van der Waals surface area (Å²) in [5, 5.41) is 1.12. The molecule has 0 bridgehead atoms. The second kappa shape index (κ2) is 4.77. The molecule has 0 saturated carbocycles. The zero-order chi connectivity index (χ0) is 10.7. The normalized spacial score (nSPS) is 10.5. The molecule has 15 heavy (non-hydrogen) atoms. The fraction of sp³-hybridized carbons (Fsp3) is 0.273. The first-order valence-corrected chi connectivity index (χ1v) is 6.51. The van der Waals surface area contributed by atoms with Crippen LogP contribution < -0.4 is 0 Å². The van der Waals surface area contributed by atoms with E-state index < -0.39 is 0 Å². The summed E-state index contributed by atoms with van der Waals surface area (Å²) in [6.45, 7) is 4.03. The molecule has 0 aliphatic carbocycles. The van der Waals surface area contributed by atoms with Crippen molar-refractivity contribution in [1.29, 1.82) is 0 Å². The van der Waals surface area contributed by atoms with Gasteiger partial charge in [-0.3, -0.25) is 4.98 Å². The molecule has 0 saturated heterocycles. The van der Waals surface area contributed by atoms with E-state index in [1.807, 2.05) is 44.1 Å². The van der Waals surface area contributed by atoms with Gasteiger partial charge in [-0.05, 0) is 25.5 Å². The van der Waals surface area contributed by atoms with Gasteiger partial charge >= 0.3 is 0 Å². The third kappa shape index (κ3) is 3.04. The lowest BCUT2D eigenvalue weighted by Crippen LogP contribution is -1.84. The van der Waals surface area contributed by atoms with Crippen LogP contribution in [-0.2, 0) is 5.75 Å². The summed E-state index contributed by atoms with van der Waals surface area (Å²) in [5.74, 6) is 0.967. The van der Waals surface area contributed by atoms with Crippen molar-refractivity contribution in [3.8, 4) is 0 Å². The van der Waals surface area contributed by atoms with E-state index in [9.17, 15) is 0 Å². The van der Waals surface area contributed by atoms with Crippen LogP contribution in [0, 0.1) is 13.8 Å². The molecule has 0 amide bonds. The molecule has 2 rings (SSSR count). The first kappa shape index (κ1) is 10.6. The van der Waals surface area contributed by atoms with Crippen molar-refractivity contribution in [2.24, 2.45) is 0 Å². The van der Waals surface area contributed by atoms with Crippen molar-refractivity contribution in [2.45, 2.75) is 23.8 Å². The maximum atomic E-state index is 4.27. The molecule has 0 unspecified atom stereocenters. The molecule has 78 valence electrons. The summed E-state index contributed by atoms with van der Waals surface area (Å²) in [6.07, 6.45) is 3.88. The Labute approximate surface area is 97.8 Å². The Morgan fingerprint density at radius 1 is 1.20 bits per heavy atom. The van der Waals surface area contributed by atoms with Gasteiger partial charge < -0.3 is 0 Å². The topological polar surface area (TPSA) is 25.8 Å². The van der Waals surface area contributed by atoms with Gasteiger partial charge in [0, 0.05) is 17.6 Å². The van der Waals surface area contributed by atoms with E-state index in [2.05, 4.69) is 16.0 Å². The van der Waals surface area contributed by atoms with Gasteiger partial charge in [0.05, 0.1) is 15.4 Å². The SMILES string of the molecule is Cc1ccc(CSc2cnc(C)s2)cn1. The number of thioether (sulfide) groups is 1. The van der Waals surface area contributed by atoms with Crippen LogP contribution in [-0.4, -0.2) is 9.97 Å². The molecular weight excluding hydrogens is 224 g/mol. The molecule has 0 N–H and O–H groups in total. The highest BCUT2D eigenvalue weighted by atomic mass is 32.2. The quantitative estimate of drug-likeness (QED) is 0.763. The first-order chi connectivity index (χ1) is 7.24. The van der Waals surface area contributed by atoms with Gasteiger partial charge in [-0.1, -0.05) is 6.07 Å². The summed E-state index contributed by atoms with van der Waals surface area (Å²) in [6, 6.07) is 4.18. The van der Waals surface area contributed by atoms with E-state index in [0.717, 1.165) is 16.5 Å². The second-order valence-corrected chi connectivity index (χ2v) is 5.81. The Kier molecular flexibility index (Phi) is 3.38. The van der Waals surface area contributed by atoms with E-state index in [0.29, 0.717) is 0 Å². The summed E-state index contributed by atoms with van der Waals surface area (Å²) >= 11 is 3.56. The lowest BCUT2D eigenvalue weighted by Gasteiger charge is -1.98. The van der Waals surface area contributed by atoms with Crippen molar-refractivity contribution < 1.29 is 0 Å². The van der Waals surface area contributed by atoms with Crippen LogP contribution in [0.15, 0.2) is 28.7 Å². The Morgan fingerprint density at radius 3 is 2.67 bits per heavy atom. The largest absolute Gasteiger partial charge is 0.261 e. The van der Waals surface area contributed by atoms with Gasteiger partial charge in [-0.25, -0.2) is 4.98 Å². The van der Waals surface area contributed by atoms with Gasteiger partial charge in [0.1, 0.15) is 0 Å². The number of nitrogens with zero attached hydrogens (tertiary/aromatic N) is 2. The van der Waals surface area contributed by atoms with Crippen LogP contribution >= 0.6 is 23.1 Å². The van der Waals surface area contributed by atoms with E-state index in [1.54, 1.807) is 11.3 Å². The maximum Gasteiger partial charge on any atom is 0.0905 e. The van der Waals surface area contributed by atoms with Crippen LogP contribution in [0.2, 0.25) is 0 Å². The fourth-order valence-corrected chi connectivity index (χ4v) is 3.03. The summed E-state index contributed by atoms with van der Waals surface area (Å²) in [5.41, 5.74) is 2.33. The summed E-state index contributed by atoms with van der Waals surface area (Å²) in [7, 11) is 0. The van der Waals surface area contributed by atoms with E-state index >= 15 is 0 Å². The van der Waals surface area contributed by atoms with Gasteiger partial charge in [0.25, 0.3) is 0 Å². The van der Waals surface area contributed by atoms with E-state index in [1.165, 1.54) is 9.77 Å². The molecule has 0 fully saturated rings. The van der Waals surface area contributed by atoms with Crippen molar-refractivity contribution in [3.05, 3.63) is 40.8 Å². The molecule has 0 aromatic carbocycles.